The summed E-state index contributed by atoms with van der Waals surface area (Å²) in [7, 11) is 0. The monoisotopic (exact) mass is 340 g/mol. The number of nitrogens with one attached hydrogen (secondary N) is 2. The van der Waals surface area contributed by atoms with E-state index in [2.05, 4.69) is 33.7 Å². The predicted molar refractivity (Wildman–Crippen MR) is 94.2 cm³/mol. The van der Waals surface area contributed by atoms with Crippen molar-refractivity contribution in [1.29, 1.82) is 5.26 Å². The number of carbonyl (C=O) groups is 1. The predicted octanol–water partition coefficient (Wildman–Crippen LogP) is 2.11. The molecule has 0 radical (unpaired) electrons. The summed E-state index contributed by atoms with van der Waals surface area (Å²) < 4.78 is 1.72. The van der Waals surface area contributed by atoms with Crippen molar-refractivity contribution in [2.75, 3.05) is 13.1 Å². The Labute approximate surface area is 147 Å². The van der Waals surface area contributed by atoms with Crippen LogP contribution >= 0.6 is 0 Å². The molecule has 1 aliphatic rings. The Kier molecular flexibility index (Phi) is 4.88. The van der Waals surface area contributed by atoms with Gasteiger partial charge in [-0.25, -0.2) is 14.3 Å². The van der Waals surface area contributed by atoms with Gasteiger partial charge >= 0.3 is 6.03 Å². The lowest BCUT2D eigenvalue weighted by Crippen LogP contribution is -2.37. The molecule has 0 aromatic carbocycles. The summed E-state index contributed by atoms with van der Waals surface area (Å²) in [6.07, 6.45) is 2.56. The number of aryl methyl sites for hydroxylation is 3. The fraction of sp³-hybridized carbons (Fsp3) is 0.556. The van der Waals surface area contributed by atoms with Gasteiger partial charge in [-0.3, -0.25) is 0 Å². The molecule has 132 valence electrons. The fourth-order valence-electron chi connectivity index (χ4n) is 3.08. The molecule has 0 spiro atoms. The van der Waals surface area contributed by atoms with Crippen LogP contribution in [0, 0.1) is 37.0 Å². The van der Waals surface area contributed by atoms with Crippen molar-refractivity contribution in [2.24, 2.45) is 11.8 Å². The number of nitriles is 1. The van der Waals surface area contributed by atoms with E-state index in [1.807, 2.05) is 19.9 Å². The highest BCUT2D eigenvalue weighted by Gasteiger charge is 2.32. The van der Waals surface area contributed by atoms with E-state index >= 15 is 0 Å². The molecule has 0 bridgehead atoms. The minimum absolute atomic E-state index is 0.122. The van der Waals surface area contributed by atoms with E-state index in [1.54, 1.807) is 4.52 Å². The van der Waals surface area contributed by atoms with E-state index in [-0.39, 0.29) is 6.03 Å². The van der Waals surface area contributed by atoms with Crippen molar-refractivity contribution < 1.29 is 4.79 Å². The van der Waals surface area contributed by atoms with E-state index in [9.17, 15) is 10.1 Å². The number of carbonyl (C=O) groups excluding carboxylic acids is 1. The highest BCUT2D eigenvalue weighted by Crippen LogP contribution is 2.36. The third kappa shape index (κ3) is 3.90. The molecule has 1 aliphatic carbocycles. The van der Waals surface area contributed by atoms with Crippen molar-refractivity contribution in [3.05, 3.63) is 28.7 Å². The molecule has 2 heterocycles. The number of amides is 2. The summed E-state index contributed by atoms with van der Waals surface area (Å²) >= 11 is 0. The maximum absolute atomic E-state index is 11.7. The van der Waals surface area contributed by atoms with Gasteiger partial charge in [0, 0.05) is 24.5 Å². The number of nitrogens with zero attached hydrogens (tertiary/aromatic N) is 4. The van der Waals surface area contributed by atoms with Crippen LogP contribution in [0.3, 0.4) is 0 Å². The van der Waals surface area contributed by atoms with E-state index in [0.29, 0.717) is 30.1 Å². The number of hydrogen-bond acceptors (Lipinski definition) is 4. The van der Waals surface area contributed by atoms with E-state index < -0.39 is 0 Å². The van der Waals surface area contributed by atoms with Crippen LogP contribution < -0.4 is 10.6 Å². The normalized spacial score (nSPS) is 18.8. The van der Waals surface area contributed by atoms with Gasteiger partial charge in [0.1, 0.15) is 11.6 Å². The second-order valence-corrected chi connectivity index (χ2v) is 6.92. The number of urea groups is 1. The number of hydrogen-bond donors (Lipinski definition) is 2. The Morgan fingerprint density at radius 2 is 2.20 bits per heavy atom. The Bertz CT molecular complexity index is 834. The van der Waals surface area contributed by atoms with Crippen LogP contribution in [0.25, 0.3) is 5.65 Å². The number of rotatable bonds is 6. The number of aromatic nitrogens is 3. The first kappa shape index (κ1) is 17.2. The Balaban J connectivity index is 1.53. The second kappa shape index (κ2) is 7.09. The third-order valence-electron chi connectivity index (χ3n) is 4.76. The lowest BCUT2D eigenvalue weighted by molar-refractivity contribution is 0.240. The quantitative estimate of drug-likeness (QED) is 0.787. The average molecular weight is 340 g/mol. The summed E-state index contributed by atoms with van der Waals surface area (Å²) in [5, 5.41) is 19.7. The summed E-state index contributed by atoms with van der Waals surface area (Å²) in [5.74, 6) is 1.38. The summed E-state index contributed by atoms with van der Waals surface area (Å²) in [6.45, 7) is 7.36. The standard InChI is InChI=1S/C18H24N6O/c1-11-7-14(11)10-21-18(25)20-6-4-5-16-15(9-19)17-22-12(2)8-13(3)24(17)23-16/h8,11,14H,4-7,10H2,1-3H3,(H2,20,21,25)/t11-,14-/m1/s1. The summed E-state index contributed by atoms with van der Waals surface area (Å²) in [6, 6.07) is 4.04. The molecule has 2 aromatic heterocycles. The maximum Gasteiger partial charge on any atom is 0.314 e. The van der Waals surface area contributed by atoms with E-state index in [0.717, 1.165) is 36.0 Å². The molecule has 7 nitrogen and oxygen atoms in total. The van der Waals surface area contributed by atoms with Crippen LogP contribution in [-0.4, -0.2) is 33.7 Å². The zero-order valence-corrected chi connectivity index (χ0v) is 15.0. The van der Waals surface area contributed by atoms with Crippen LogP contribution in [0.1, 0.15) is 42.4 Å². The molecule has 2 amide bonds. The van der Waals surface area contributed by atoms with Gasteiger partial charge in [-0.15, -0.1) is 0 Å². The second-order valence-electron chi connectivity index (χ2n) is 6.92. The smallest absolute Gasteiger partial charge is 0.314 e. The molecule has 2 atom stereocenters. The van der Waals surface area contributed by atoms with Crippen LogP contribution in [0.5, 0.6) is 0 Å². The molecule has 3 rings (SSSR count). The first-order valence-corrected chi connectivity index (χ1v) is 8.77. The van der Waals surface area contributed by atoms with Crippen LogP contribution in [0.4, 0.5) is 4.79 Å². The molecular formula is C18H24N6O. The third-order valence-corrected chi connectivity index (χ3v) is 4.76. The molecule has 1 fully saturated rings. The van der Waals surface area contributed by atoms with Crippen LogP contribution in [0.2, 0.25) is 0 Å². The van der Waals surface area contributed by atoms with Crippen molar-refractivity contribution >= 4 is 11.7 Å². The van der Waals surface area contributed by atoms with Gasteiger partial charge in [-0.2, -0.15) is 10.4 Å². The van der Waals surface area contributed by atoms with Crippen molar-refractivity contribution in [3.8, 4) is 6.07 Å². The van der Waals surface area contributed by atoms with Gasteiger partial charge < -0.3 is 10.6 Å². The Morgan fingerprint density at radius 3 is 2.88 bits per heavy atom. The molecule has 0 unspecified atom stereocenters. The van der Waals surface area contributed by atoms with Gasteiger partial charge in [0.15, 0.2) is 5.65 Å². The van der Waals surface area contributed by atoms with Gasteiger partial charge in [-0.1, -0.05) is 6.92 Å². The SMILES string of the molecule is Cc1cc(C)n2nc(CCCNC(=O)NC[C@H]3C[C@H]3C)c(C#N)c2n1. The lowest BCUT2D eigenvalue weighted by atomic mass is 10.1. The average Bonchev–Trinajstić information content (AvgIpc) is 3.15. The first-order valence-electron chi connectivity index (χ1n) is 8.77. The Morgan fingerprint density at radius 1 is 1.44 bits per heavy atom. The summed E-state index contributed by atoms with van der Waals surface area (Å²) in [4.78, 5) is 16.2. The van der Waals surface area contributed by atoms with E-state index in [1.165, 1.54) is 6.42 Å². The lowest BCUT2D eigenvalue weighted by Gasteiger charge is -2.06. The van der Waals surface area contributed by atoms with Gasteiger partial charge in [-0.05, 0) is 51.0 Å². The first-order chi connectivity index (χ1) is 12.0. The molecular weight excluding hydrogens is 316 g/mol. The van der Waals surface area contributed by atoms with Crippen molar-refractivity contribution in [2.45, 2.75) is 40.0 Å². The van der Waals surface area contributed by atoms with Crippen LogP contribution in [-0.2, 0) is 6.42 Å². The molecule has 0 saturated heterocycles. The molecule has 25 heavy (non-hydrogen) atoms. The maximum atomic E-state index is 11.7. The largest absolute Gasteiger partial charge is 0.338 e. The Hall–Kier alpha value is -2.62. The van der Waals surface area contributed by atoms with Gasteiger partial charge in [0.05, 0.1) is 5.69 Å². The van der Waals surface area contributed by atoms with Gasteiger partial charge in [0.25, 0.3) is 0 Å². The summed E-state index contributed by atoms with van der Waals surface area (Å²) in [5.41, 5.74) is 3.70. The topological polar surface area (TPSA) is 95.1 Å². The minimum Gasteiger partial charge on any atom is -0.338 e. The highest BCUT2D eigenvalue weighted by molar-refractivity contribution is 5.73. The molecule has 2 aromatic rings. The molecule has 0 aliphatic heterocycles. The van der Waals surface area contributed by atoms with Gasteiger partial charge in [0.2, 0.25) is 0 Å². The highest BCUT2D eigenvalue weighted by atomic mass is 16.2. The minimum atomic E-state index is -0.122. The fourth-order valence-corrected chi connectivity index (χ4v) is 3.08. The van der Waals surface area contributed by atoms with Crippen molar-refractivity contribution in [1.82, 2.24) is 25.2 Å². The zero-order valence-electron chi connectivity index (χ0n) is 15.0. The zero-order chi connectivity index (χ0) is 18.0. The molecule has 7 heteroatoms. The van der Waals surface area contributed by atoms with Crippen molar-refractivity contribution in [3.63, 3.8) is 0 Å². The van der Waals surface area contributed by atoms with E-state index in [4.69, 9.17) is 0 Å². The number of fused-ring (bicyclic) bond motifs is 1. The molecule has 1 saturated carbocycles. The van der Waals surface area contributed by atoms with Crippen LogP contribution in [0.15, 0.2) is 6.07 Å². The molecule has 2 N–H and O–H groups in total.